The Bertz CT molecular complexity index is 178. The molecular formula is C13H23N. The maximum absolute atomic E-state index is 5.35. The van der Waals surface area contributed by atoms with Crippen molar-refractivity contribution < 1.29 is 0 Å². The topological polar surface area (TPSA) is 26.0 Å². The third-order valence-electron chi connectivity index (χ3n) is 1.91. The second-order valence-corrected chi connectivity index (χ2v) is 3.31. The summed E-state index contributed by atoms with van der Waals surface area (Å²) < 4.78 is 0. The molecule has 2 N–H and O–H groups in total. The molecule has 0 aromatic rings. The minimum absolute atomic E-state index is 0.733. The number of unbranched alkanes of at least 4 members (excludes halogenated alkanes) is 3. The molecule has 80 valence electrons. The minimum Gasteiger partial charge on any atom is -0.330 e. The van der Waals surface area contributed by atoms with Gasteiger partial charge in [0, 0.05) is 0 Å². The molecule has 0 saturated heterocycles. The molecule has 0 rings (SSSR count). The summed E-state index contributed by atoms with van der Waals surface area (Å²) >= 11 is 0. The van der Waals surface area contributed by atoms with E-state index < -0.39 is 0 Å². The van der Waals surface area contributed by atoms with Crippen molar-refractivity contribution in [2.45, 2.75) is 39.0 Å². The fourth-order valence-corrected chi connectivity index (χ4v) is 1.09. The highest BCUT2D eigenvalue weighted by Gasteiger charge is 1.79. The van der Waals surface area contributed by atoms with Crippen LogP contribution >= 0.6 is 0 Å². The Morgan fingerprint density at radius 2 is 1.50 bits per heavy atom. The van der Waals surface area contributed by atoms with E-state index in [2.05, 4.69) is 31.2 Å². The molecule has 0 heterocycles. The number of hydrogen-bond acceptors (Lipinski definition) is 1. The molecule has 0 aromatic heterocycles. The molecule has 0 unspecified atom stereocenters. The van der Waals surface area contributed by atoms with Gasteiger partial charge in [-0.1, -0.05) is 56.2 Å². The summed E-state index contributed by atoms with van der Waals surface area (Å²) in [5, 5.41) is 0. The summed E-state index contributed by atoms with van der Waals surface area (Å²) in [5.74, 6) is 0. The van der Waals surface area contributed by atoms with Crippen LogP contribution in [0, 0.1) is 0 Å². The quantitative estimate of drug-likeness (QED) is 0.463. The van der Waals surface area contributed by atoms with E-state index >= 15 is 0 Å². The summed E-state index contributed by atoms with van der Waals surface area (Å²) in [6.07, 6.45) is 18.7. The molecule has 0 saturated carbocycles. The lowest BCUT2D eigenvalue weighted by Gasteiger charge is -1.89. The van der Waals surface area contributed by atoms with E-state index in [0.717, 1.165) is 13.0 Å². The van der Waals surface area contributed by atoms with Crippen molar-refractivity contribution in [2.75, 3.05) is 6.54 Å². The van der Waals surface area contributed by atoms with E-state index in [1.165, 1.54) is 25.7 Å². The van der Waals surface area contributed by atoms with Gasteiger partial charge in [-0.05, 0) is 25.8 Å². The number of nitrogens with two attached hydrogens (primary N) is 1. The van der Waals surface area contributed by atoms with Crippen LogP contribution in [0.15, 0.2) is 36.5 Å². The van der Waals surface area contributed by atoms with Gasteiger partial charge in [-0.15, -0.1) is 0 Å². The molecule has 0 aliphatic heterocycles. The van der Waals surface area contributed by atoms with Crippen LogP contribution in [0.25, 0.3) is 0 Å². The Hall–Kier alpha value is -0.820. The van der Waals surface area contributed by atoms with Crippen molar-refractivity contribution in [3.63, 3.8) is 0 Å². The average Bonchev–Trinajstić information content (AvgIpc) is 2.21. The van der Waals surface area contributed by atoms with E-state index in [9.17, 15) is 0 Å². The minimum atomic E-state index is 0.733. The summed E-state index contributed by atoms with van der Waals surface area (Å²) in [6, 6.07) is 0. The van der Waals surface area contributed by atoms with E-state index in [0.29, 0.717) is 0 Å². The predicted molar refractivity (Wildman–Crippen MR) is 65.2 cm³/mol. The van der Waals surface area contributed by atoms with Gasteiger partial charge in [0.15, 0.2) is 0 Å². The third kappa shape index (κ3) is 11.2. The first kappa shape index (κ1) is 13.2. The summed E-state index contributed by atoms with van der Waals surface area (Å²) in [4.78, 5) is 0. The lowest BCUT2D eigenvalue weighted by atomic mass is 10.2. The highest BCUT2D eigenvalue weighted by molar-refractivity contribution is 5.10. The second-order valence-electron chi connectivity index (χ2n) is 3.31. The van der Waals surface area contributed by atoms with E-state index in [-0.39, 0.29) is 0 Å². The highest BCUT2D eigenvalue weighted by Crippen LogP contribution is 1.99. The molecule has 0 bridgehead atoms. The van der Waals surface area contributed by atoms with E-state index in [1.807, 2.05) is 12.2 Å². The summed E-state index contributed by atoms with van der Waals surface area (Å²) in [6.45, 7) is 2.96. The maximum atomic E-state index is 5.35. The summed E-state index contributed by atoms with van der Waals surface area (Å²) in [5.41, 5.74) is 5.35. The first-order chi connectivity index (χ1) is 6.91. The van der Waals surface area contributed by atoms with Crippen LogP contribution < -0.4 is 5.73 Å². The molecule has 0 aliphatic rings. The van der Waals surface area contributed by atoms with Crippen molar-refractivity contribution in [1.82, 2.24) is 0 Å². The SMILES string of the molecule is CCCCCC=CC=CC=CCCN. The molecular weight excluding hydrogens is 170 g/mol. The van der Waals surface area contributed by atoms with Crippen molar-refractivity contribution >= 4 is 0 Å². The normalized spacial score (nSPS) is 12.4. The summed E-state index contributed by atoms with van der Waals surface area (Å²) in [7, 11) is 0. The Morgan fingerprint density at radius 3 is 2.07 bits per heavy atom. The standard InChI is InChI=1S/C13H23N/c1-2-3-4-5-6-7-8-9-10-11-12-13-14/h6-11H,2-5,12-14H2,1H3. The Kier molecular flexibility index (Phi) is 11.5. The molecule has 0 fully saturated rings. The van der Waals surface area contributed by atoms with Gasteiger partial charge in [0.2, 0.25) is 0 Å². The van der Waals surface area contributed by atoms with Gasteiger partial charge >= 0.3 is 0 Å². The van der Waals surface area contributed by atoms with Crippen LogP contribution in [0.4, 0.5) is 0 Å². The van der Waals surface area contributed by atoms with Crippen LogP contribution in [0.5, 0.6) is 0 Å². The molecule has 1 heteroatoms. The van der Waals surface area contributed by atoms with Gasteiger partial charge in [0.1, 0.15) is 0 Å². The van der Waals surface area contributed by atoms with E-state index in [1.54, 1.807) is 0 Å². The zero-order valence-electron chi connectivity index (χ0n) is 9.28. The molecule has 0 spiro atoms. The van der Waals surface area contributed by atoms with Gasteiger partial charge in [0.25, 0.3) is 0 Å². The van der Waals surface area contributed by atoms with Crippen molar-refractivity contribution in [3.05, 3.63) is 36.5 Å². The van der Waals surface area contributed by atoms with Gasteiger partial charge in [-0.2, -0.15) is 0 Å². The van der Waals surface area contributed by atoms with Crippen LogP contribution in [-0.2, 0) is 0 Å². The fourth-order valence-electron chi connectivity index (χ4n) is 1.09. The zero-order chi connectivity index (χ0) is 10.5. The Morgan fingerprint density at radius 1 is 0.857 bits per heavy atom. The second kappa shape index (κ2) is 12.2. The number of rotatable bonds is 8. The van der Waals surface area contributed by atoms with E-state index in [4.69, 9.17) is 5.73 Å². The Labute approximate surface area is 88.4 Å². The molecule has 0 aliphatic carbocycles. The fraction of sp³-hybridized carbons (Fsp3) is 0.538. The highest BCUT2D eigenvalue weighted by atomic mass is 14.5. The van der Waals surface area contributed by atoms with Gasteiger partial charge in [-0.25, -0.2) is 0 Å². The van der Waals surface area contributed by atoms with Crippen LogP contribution in [0.3, 0.4) is 0 Å². The van der Waals surface area contributed by atoms with Crippen molar-refractivity contribution in [2.24, 2.45) is 5.73 Å². The van der Waals surface area contributed by atoms with Gasteiger partial charge in [-0.3, -0.25) is 0 Å². The van der Waals surface area contributed by atoms with Crippen molar-refractivity contribution in [3.8, 4) is 0 Å². The predicted octanol–water partition coefficient (Wildman–Crippen LogP) is 3.58. The van der Waals surface area contributed by atoms with Crippen molar-refractivity contribution in [1.29, 1.82) is 0 Å². The smallest absolute Gasteiger partial charge is 0.00425 e. The number of hydrogen-bond donors (Lipinski definition) is 1. The Balaban J connectivity index is 3.31. The van der Waals surface area contributed by atoms with Crippen LogP contribution in [-0.4, -0.2) is 6.54 Å². The first-order valence-electron chi connectivity index (χ1n) is 5.60. The largest absolute Gasteiger partial charge is 0.330 e. The lowest BCUT2D eigenvalue weighted by molar-refractivity contribution is 0.729. The molecule has 14 heavy (non-hydrogen) atoms. The molecule has 0 atom stereocenters. The maximum Gasteiger partial charge on any atom is -0.00425 e. The average molecular weight is 193 g/mol. The lowest BCUT2D eigenvalue weighted by Crippen LogP contribution is -1.94. The molecule has 0 radical (unpaired) electrons. The van der Waals surface area contributed by atoms with Crippen LogP contribution in [0.1, 0.15) is 39.0 Å². The van der Waals surface area contributed by atoms with Gasteiger partial charge in [0.05, 0.1) is 0 Å². The monoisotopic (exact) mass is 193 g/mol. The number of allylic oxidation sites excluding steroid dienone is 5. The molecule has 0 amide bonds. The first-order valence-corrected chi connectivity index (χ1v) is 5.60. The molecule has 0 aromatic carbocycles. The zero-order valence-corrected chi connectivity index (χ0v) is 9.28. The van der Waals surface area contributed by atoms with Crippen LogP contribution in [0.2, 0.25) is 0 Å². The van der Waals surface area contributed by atoms with Gasteiger partial charge < -0.3 is 5.73 Å². The molecule has 1 nitrogen and oxygen atoms in total. The third-order valence-corrected chi connectivity index (χ3v) is 1.91.